The molecule has 10 nitrogen and oxygen atoms in total. The maximum absolute atomic E-state index is 10.7. The van der Waals surface area contributed by atoms with Gasteiger partial charge in [0, 0.05) is 31.8 Å². The predicted octanol–water partition coefficient (Wildman–Crippen LogP) is -2.73. The molecule has 1 saturated carbocycles. The van der Waals surface area contributed by atoms with E-state index in [0.717, 1.165) is 0 Å². The van der Waals surface area contributed by atoms with E-state index in [-0.39, 0.29) is 12.3 Å². The fraction of sp³-hybridized carbons (Fsp3) is 1.00. The topological polar surface area (TPSA) is 158 Å². The molecule has 11 atom stereocenters. The molecule has 3 fully saturated rings. The largest absolute Gasteiger partial charge is 0.394 e. The number of methoxy groups -OCH3 is 1. The molecule has 0 bridgehead atoms. The van der Waals surface area contributed by atoms with Gasteiger partial charge >= 0.3 is 0 Å². The van der Waals surface area contributed by atoms with E-state index in [4.69, 9.17) is 18.9 Å². The van der Waals surface area contributed by atoms with Gasteiger partial charge in [-0.25, -0.2) is 0 Å². The molecule has 2 aliphatic heterocycles. The van der Waals surface area contributed by atoms with E-state index < -0.39 is 67.5 Å². The molecule has 2 heterocycles. The molecule has 0 radical (unpaired) electrons. The first-order valence-electron chi connectivity index (χ1n) is 8.74. The second-order valence-corrected chi connectivity index (χ2v) is 7.56. The first-order valence-corrected chi connectivity index (χ1v) is 8.74. The Morgan fingerprint density at radius 2 is 1.73 bits per heavy atom. The zero-order valence-corrected chi connectivity index (χ0v) is 14.7. The summed E-state index contributed by atoms with van der Waals surface area (Å²) in [6, 6.07) is 0. The van der Waals surface area contributed by atoms with Crippen LogP contribution in [-0.4, -0.2) is 99.3 Å². The SMILES string of the molecule is CO[C@H]1CC2C([C@H](O[C@@H]3O[C@H](CO)[C@@H](O)[C@H](O)[C@H]3O)O1)[C@@](C)(O)C[C@H]2O. The van der Waals surface area contributed by atoms with Gasteiger partial charge in [-0.1, -0.05) is 0 Å². The predicted molar refractivity (Wildman–Crippen MR) is 83.4 cm³/mol. The Morgan fingerprint density at radius 3 is 2.35 bits per heavy atom. The van der Waals surface area contributed by atoms with Crippen molar-refractivity contribution in [2.24, 2.45) is 11.8 Å². The third kappa shape index (κ3) is 3.51. The fourth-order valence-corrected chi connectivity index (χ4v) is 4.30. The van der Waals surface area contributed by atoms with Crippen LogP contribution in [0.5, 0.6) is 0 Å². The van der Waals surface area contributed by atoms with E-state index in [2.05, 4.69) is 0 Å². The third-order valence-corrected chi connectivity index (χ3v) is 5.72. The van der Waals surface area contributed by atoms with Crippen LogP contribution in [0.25, 0.3) is 0 Å². The molecule has 152 valence electrons. The van der Waals surface area contributed by atoms with Crippen LogP contribution in [0.2, 0.25) is 0 Å². The molecule has 26 heavy (non-hydrogen) atoms. The molecule has 3 rings (SSSR count). The van der Waals surface area contributed by atoms with E-state index in [1.54, 1.807) is 6.92 Å². The van der Waals surface area contributed by atoms with E-state index >= 15 is 0 Å². The molecule has 1 aliphatic carbocycles. The molecule has 0 aromatic carbocycles. The summed E-state index contributed by atoms with van der Waals surface area (Å²) >= 11 is 0. The number of hydrogen-bond acceptors (Lipinski definition) is 10. The summed E-state index contributed by atoms with van der Waals surface area (Å²) < 4.78 is 22.0. The van der Waals surface area contributed by atoms with Crippen LogP contribution in [0, 0.1) is 11.8 Å². The smallest absolute Gasteiger partial charge is 0.189 e. The minimum Gasteiger partial charge on any atom is -0.394 e. The number of aliphatic hydroxyl groups excluding tert-OH is 5. The molecule has 10 heteroatoms. The first-order chi connectivity index (χ1) is 12.2. The van der Waals surface area contributed by atoms with Gasteiger partial charge < -0.3 is 49.6 Å². The molecule has 3 aliphatic rings. The summed E-state index contributed by atoms with van der Waals surface area (Å²) in [5.41, 5.74) is -1.28. The van der Waals surface area contributed by atoms with Crippen LogP contribution >= 0.6 is 0 Å². The van der Waals surface area contributed by atoms with Gasteiger partial charge in [-0.05, 0) is 6.92 Å². The van der Waals surface area contributed by atoms with Crippen molar-refractivity contribution in [1.82, 2.24) is 0 Å². The lowest BCUT2D eigenvalue weighted by atomic mass is 9.82. The summed E-state index contributed by atoms with van der Waals surface area (Å²) in [6.45, 7) is 0.987. The van der Waals surface area contributed by atoms with Crippen molar-refractivity contribution in [2.75, 3.05) is 13.7 Å². The second-order valence-electron chi connectivity index (χ2n) is 7.56. The Kier molecular flexibility index (Phi) is 5.91. The summed E-state index contributed by atoms with van der Waals surface area (Å²) in [5.74, 6) is -0.963. The molecule has 2 unspecified atom stereocenters. The van der Waals surface area contributed by atoms with Gasteiger partial charge in [0.2, 0.25) is 0 Å². The Labute approximate surface area is 150 Å². The lowest BCUT2D eigenvalue weighted by molar-refractivity contribution is -0.381. The molecule has 0 aromatic rings. The number of aliphatic hydroxyl groups is 6. The summed E-state index contributed by atoms with van der Waals surface area (Å²) in [7, 11) is 1.44. The minimum absolute atomic E-state index is 0.136. The normalized spacial score (nSPS) is 54.9. The lowest BCUT2D eigenvalue weighted by Crippen LogP contribution is -2.61. The highest BCUT2D eigenvalue weighted by Crippen LogP contribution is 2.49. The zero-order valence-electron chi connectivity index (χ0n) is 14.7. The van der Waals surface area contributed by atoms with Crippen LogP contribution in [-0.2, 0) is 18.9 Å². The van der Waals surface area contributed by atoms with Crippen molar-refractivity contribution in [3.63, 3.8) is 0 Å². The average molecular weight is 380 g/mol. The highest BCUT2D eigenvalue weighted by Gasteiger charge is 2.58. The number of hydrogen-bond donors (Lipinski definition) is 6. The van der Waals surface area contributed by atoms with Crippen LogP contribution in [0.1, 0.15) is 19.8 Å². The van der Waals surface area contributed by atoms with Crippen molar-refractivity contribution in [1.29, 1.82) is 0 Å². The number of fused-ring (bicyclic) bond motifs is 1. The zero-order chi connectivity index (χ0) is 19.2. The van der Waals surface area contributed by atoms with Crippen molar-refractivity contribution in [3.05, 3.63) is 0 Å². The fourth-order valence-electron chi connectivity index (χ4n) is 4.30. The van der Waals surface area contributed by atoms with E-state index in [1.807, 2.05) is 0 Å². The second kappa shape index (κ2) is 7.55. The highest BCUT2D eigenvalue weighted by atomic mass is 16.8. The molecule has 2 saturated heterocycles. The summed E-state index contributed by atoms with van der Waals surface area (Å²) in [6.07, 6.45) is -9.24. The summed E-state index contributed by atoms with van der Waals surface area (Å²) in [4.78, 5) is 0. The monoisotopic (exact) mass is 380 g/mol. The van der Waals surface area contributed by atoms with Gasteiger partial charge in [0.05, 0.1) is 18.3 Å². The van der Waals surface area contributed by atoms with E-state index in [1.165, 1.54) is 7.11 Å². The van der Waals surface area contributed by atoms with E-state index in [9.17, 15) is 30.6 Å². The summed E-state index contributed by atoms with van der Waals surface area (Å²) in [5, 5.41) is 60.2. The van der Waals surface area contributed by atoms with Crippen molar-refractivity contribution in [2.45, 2.75) is 74.8 Å². The van der Waals surface area contributed by atoms with Crippen molar-refractivity contribution in [3.8, 4) is 0 Å². The maximum atomic E-state index is 10.7. The molecular formula is C16H28O10. The van der Waals surface area contributed by atoms with Crippen LogP contribution in [0.3, 0.4) is 0 Å². The average Bonchev–Trinajstić information content (AvgIpc) is 2.84. The Bertz CT molecular complexity index is 486. The van der Waals surface area contributed by atoms with Crippen LogP contribution in [0.15, 0.2) is 0 Å². The molecule has 0 amide bonds. The van der Waals surface area contributed by atoms with Crippen LogP contribution < -0.4 is 0 Å². The number of ether oxygens (including phenoxy) is 4. The van der Waals surface area contributed by atoms with Crippen molar-refractivity contribution < 1.29 is 49.6 Å². The van der Waals surface area contributed by atoms with Crippen LogP contribution in [0.4, 0.5) is 0 Å². The lowest BCUT2D eigenvalue weighted by Gasteiger charge is -2.46. The molecule has 0 aromatic heterocycles. The van der Waals surface area contributed by atoms with E-state index in [0.29, 0.717) is 6.42 Å². The van der Waals surface area contributed by atoms with Gasteiger partial charge in [0.15, 0.2) is 18.9 Å². The van der Waals surface area contributed by atoms with Gasteiger partial charge in [-0.2, -0.15) is 0 Å². The standard InChI is InChI=1S/C16H28O10/c1-16(22)4-7(18)6-3-9(23-2)25-14(10(6)16)26-15-13(21)12(20)11(19)8(5-17)24-15/h6-15,17-22H,3-5H2,1-2H3/t6?,7-,8-,9-,10?,11-,12+,13-,14+,15+,16+/m1/s1. The molecule has 6 N–H and O–H groups in total. The number of rotatable bonds is 4. The Morgan fingerprint density at radius 1 is 1.04 bits per heavy atom. The first kappa shape index (κ1) is 20.3. The Hall–Kier alpha value is -0.400. The van der Waals surface area contributed by atoms with Gasteiger partial charge in [-0.15, -0.1) is 0 Å². The quantitative estimate of drug-likeness (QED) is 0.302. The maximum Gasteiger partial charge on any atom is 0.189 e. The van der Waals surface area contributed by atoms with Crippen molar-refractivity contribution >= 4 is 0 Å². The molecule has 0 spiro atoms. The third-order valence-electron chi connectivity index (χ3n) is 5.72. The highest BCUT2D eigenvalue weighted by molar-refractivity contribution is 5.03. The minimum atomic E-state index is -1.59. The molecular weight excluding hydrogens is 352 g/mol. The van der Waals surface area contributed by atoms with Gasteiger partial charge in [-0.3, -0.25) is 0 Å². The van der Waals surface area contributed by atoms with Gasteiger partial charge in [0.1, 0.15) is 24.4 Å². The Balaban J connectivity index is 1.79. The van der Waals surface area contributed by atoms with Gasteiger partial charge in [0.25, 0.3) is 0 Å².